The molecule has 0 aliphatic carbocycles. The summed E-state index contributed by atoms with van der Waals surface area (Å²) in [6, 6.07) is 13.7. The topological polar surface area (TPSA) is 90.2 Å². The van der Waals surface area contributed by atoms with Crippen LogP contribution in [-0.2, 0) is 4.79 Å². The second-order valence-corrected chi connectivity index (χ2v) is 7.50. The summed E-state index contributed by atoms with van der Waals surface area (Å²) < 4.78 is 5.27. The number of carbonyl (C=O) groups excluding carboxylic acids is 1. The molecule has 0 radical (unpaired) electrons. The van der Waals surface area contributed by atoms with E-state index in [0.717, 1.165) is 37.1 Å². The minimum atomic E-state index is -0.254. The first kappa shape index (κ1) is 19.3. The van der Waals surface area contributed by atoms with E-state index in [-0.39, 0.29) is 17.6 Å². The number of hydrogen-bond acceptors (Lipinski definition) is 4. The molecule has 7 heteroatoms. The van der Waals surface area contributed by atoms with Gasteiger partial charge in [0.05, 0.1) is 24.7 Å². The van der Waals surface area contributed by atoms with Gasteiger partial charge in [-0.25, -0.2) is 4.79 Å². The van der Waals surface area contributed by atoms with E-state index in [1.165, 1.54) is 12.0 Å². The van der Waals surface area contributed by atoms with Crippen molar-refractivity contribution in [1.82, 2.24) is 14.9 Å². The molecule has 0 unspecified atom stereocenters. The van der Waals surface area contributed by atoms with E-state index < -0.39 is 0 Å². The zero-order valence-corrected chi connectivity index (χ0v) is 16.5. The van der Waals surface area contributed by atoms with E-state index in [1.807, 2.05) is 12.1 Å². The van der Waals surface area contributed by atoms with E-state index in [0.29, 0.717) is 17.7 Å². The molecule has 0 saturated carbocycles. The van der Waals surface area contributed by atoms with Crippen LogP contribution in [0.4, 0.5) is 5.69 Å². The number of imidazole rings is 1. The molecule has 1 amide bonds. The first-order valence-corrected chi connectivity index (χ1v) is 10.0. The van der Waals surface area contributed by atoms with Gasteiger partial charge in [-0.05, 0) is 55.3 Å². The van der Waals surface area contributed by atoms with Crippen molar-refractivity contribution in [2.45, 2.75) is 31.7 Å². The van der Waals surface area contributed by atoms with Crippen LogP contribution in [-0.4, -0.2) is 41.0 Å². The maximum Gasteiger partial charge on any atom is 0.323 e. The molecule has 1 saturated heterocycles. The second-order valence-electron chi connectivity index (χ2n) is 7.50. The smallest absolute Gasteiger partial charge is 0.323 e. The molecule has 29 heavy (non-hydrogen) atoms. The Kier molecular flexibility index (Phi) is 5.67. The Morgan fingerprint density at radius 2 is 1.90 bits per heavy atom. The number of hydrogen-bond donors (Lipinski definition) is 3. The molecule has 3 aromatic rings. The number of nitrogens with zero attached hydrogens (tertiary/aromatic N) is 1. The van der Waals surface area contributed by atoms with Gasteiger partial charge in [-0.2, -0.15) is 0 Å². The van der Waals surface area contributed by atoms with Gasteiger partial charge in [0, 0.05) is 11.7 Å². The van der Waals surface area contributed by atoms with Gasteiger partial charge in [0.25, 0.3) is 0 Å². The molecule has 1 atom stereocenters. The maximum absolute atomic E-state index is 12.8. The Hall–Kier alpha value is -3.06. The summed E-state index contributed by atoms with van der Waals surface area (Å²) in [5, 5.41) is 2.96. The Balaban J connectivity index is 1.47. The number of fused-ring (bicyclic) bond motifs is 1. The molecule has 152 valence electrons. The van der Waals surface area contributed by atoms with Gasteiger partial charge in [-0.1, -0.05) is 25.0 Å². The fourth-order valence-electron chi connectivity index (χ4n) is 4.06. The van der Waals surface area contributed by atoms with E-state index >= 15 is 0 Å². The molecule has 1 aliphatic heterocycles. The van der Waals surface area contributed by atoms with Crippen LogP contribution in [0, 0.1) is 0 Å². The maximum atomic E-state index is 12.8. The molecular weight excluding hydrogens is 368 g/mol. The van der Waals surface area contributed by atoms with Crippen molar-refractivity contribution in [3.63, 3.8) is 0 Å². The standard InChI is InChI=1S/C22H26N4O3/c1-29-17-9-6-15(7-10-17)20-5-3-2-4-12-26(20)14-21(27)23-16-8-11-18-19(13-16)25-22(28)24-18/h6-11,13,20H,2-5,12,14H2,1H3,(H,23,27)(H2,24,25,28)/t20-/m1/s1. The highest BCUT2D eigenvalue weighted by Crippen LogP contribution is 2.31. The number of methoxy groups -OCH3 is 1. The number of anilines is 1. The van der Waals surface area contributed by atoms with Crippen LogP contribution >= 0.6 is 0 Å². The highest BCUT2D eigenvalue weighted by atomic mass is 16.5. The van der Waals surface area contributed by atoms with Crippen LogP contribution in [0.5, 0.6) is 5.75 Å². The third kappa shape index (κ3) is 4.51. The molecule has 1 aromatic heterocycles. The predicted molar refractivity (Wildman–Crippen MR) is 113 cm³/mol. The van der Waals surface area contributed by atoms with Crippen molar-refractivity contribution in [2.24, 2.45) is 0 Å². The summed E-state index contributed by atoms with van der Waals surface area (Å²) in [6.07, 6.45) is 4.47. The van der Waals surface area contributed by atoms with Crippen molar-refractivity contribution >= 4 is 22.6 Å². The fourth-order valence-corrected chi connectivity index (χ4v) is 4.06. The van der Waals surface area contributed by atoms with Crippen molar-refractivity contribution in [3.05, 3.63) is 58.5 Å². The van der Waals surface area contributed by atoms with Gasteiger partial charge in [0.15, 0.2) is 0 Å². The lowest BCUT2D eigenvalue weighted by Crippen LogP contribution is -2.36. The average molecular weight is 394 g/mol. The molecule has 2 aromatic carbocycles. The normalized spacial score (nSPS) is 17.8. The second kappa shape index (κ2) is 8.53. The molecule has 4 rings (SSSR count). The molecule has 2 heterocycles. The van der Waals surface area contributed by atoms with E-state index in [4.69, 9.17) is 4.74 Å². The molecule has 1 fully saturated rings. The van der Waals surface area contributed by atoms with Gasteiger partial charge in [0.1, 0.15) is 5.75 Å². The monoisotopic (exact) mass is 394 g/mol. The van der Waals surface area contributed by atoms with Crippen molar-refractivity contribution < 1.29 is 9.53 Å². The van der Waals surface area contributed by atoms with Crippen LogP contribution in [0.3, 0.4) is 0 Å². The summed E-state index contributed by atoms with van der Waals surface area (Å²) in [6.45, 7) is 1.23. The van der Waals surface area contributed by atoms with Crippen molar-refractivity contribution in [3.8, 4) is 5.75 Å². The summed E-state index contributed by atoms with van der Waals surface area (Å²) >= 11 is 0. The Morgan fingerprint density at radius 1 is 1.10 bits per heavy atom. The van der Waals surface area contributed by atoms with E-state index in [2.05, 4.69) is 32.3 Å². The highest BCUT2D eigenvalue weighted by Gasteiger charge is 2.24. The predicted octanol–water partition coefficient (Wildman–Crippen LogP) is 3.42. The van der Waals surface area contributed by atoms with E-state index in [9.17, 15) is 9.59 Å². The van der Waals surface area contributed by atoms with Crippen LogP contribution in [0.15, 0.2) is 47.3 Å². The largest absolute Gasteiger partial charge is 0.497 e. The molecule has 1 aliphatic rings. The van der Waals surface area contributed by atoms with Gasteiger partial charge in [0.2, 0.25) is 5.91 Å². The lowest BCUT2D eigenvalue weighted by molar-refractivity contribution is -0.117. The zero-order valence-electron chi connectivity index (χ0n) is 16.5. The van der Waals surface area contributed by atoms with Crippen LogP contribution in [0.25, 0.3) is 11.0 Å². The van der Waals surface area contributed by atoms with Gasteiger partial charge in [-0.15, -0.1) is 0 Å². The van der Waals surface area contributed by atoms with Crippen LogP contribution in [0.1, 0.15) is 37.3 Å². The lowest BCUT2D eigenvalue weighted by Gasteiger charge is -2.29. The van der Waals surface area contributed by atoms with Crippen molar-refractivity contribution in [1.29, 1.82) is 0 Å². The number of ether oxygens (including phenoxy) is 1. The first-order chi connectivity index (χ1) is 14.1. The fraction of sp³-hybridized carbons (Fsp3) is 0.364. The quantitative estimate of drug-likeness (QED) is 0.618. The van der Waals surface area contributed by atoms with Crippen molar-refractivity contribution in [2.75, 3.05) is 25.5 Å². The Morgan fingerprint density at radius 3 is 2.69 bits per heavy atom. The number of aromatic nitrogens is 2. The third-order valence-electron chi connectivity index (χ3n) is 5.51. The van der Waals surface area contributed by atoms with E-state index in [1.54, 1.807) is 25.3 Å². The molecule has 0 bridgehead atoms. The van der Waals surface area contributed by atoms with Gasteiger partial charge in [-0.3, -0.25) is 9.69 Å². The Labute approximate surface area is 169 Å². The number of benzene rings is 2. The SMILES string of the molecule is COc1ccc([C@H]2CCCCCN2CC(=O)Nc2ccc3[nH]c(=O)[nH]c3c2)cc1. The first-order valence-electron chi connectivity index (χ1n) is 10.0. The zero-order chi connectivity index (χ0) is 20.2. The molecular formula is C22H26N4O3. The number of aromatic amines is 2. The minimum absolute atomic E-state index is 0.0531. The van der Waals surface area contributed by atoms with Gasteiger partial charge >= 0.3 is 5.69 Å². The summed E-state index contributed by atoms with van der Waals surface area (Å²) in [5.74, 6) is 0.785. The summed E-state index contributed by atoms with van der Waals surface area (Å²) in [7, 11) is 1.66. The molecule has 0 spiro atoms. The molecule has 3 N–H and O–H groups in total. The minimum Gasteiger partial charge on any atom is -0.497 e. The highest BCUT2D eigenvalue weighted by molar-refractivity contribution is 5.94. The lowest BCUT2D eigenvalue weighted by atomic mass is 10.0. The number of amides is 1. The van der Waals surface area contributed by atoms with Crippen LogP contribution in [0.2, 0.25) is 0 Å². The average Bonchev–Trinajstić information content (AvgIpc) is 2.93. The number of rotatable bonds is 5. The summed E-state index contributed by atoms with van der Waals surface area (Å²) in [5.41, 5.74) is 3.04. The number of H-pyrrole nitrogens is 2. The third-order valence-corrected chi connectivity index (χ3v) is 5.51. The Bertz CT molecular complexity index is 1040. The number of carbonyl (C=O) groups is 1. The summed E-state index contributed by atoms with van der Waals surface area (Å²) in [4.78, 5) is 31.9. The van der Waals surface area contributed by atoms with Crippen LogP contribution < -0.4 is 15.7 Å². The molecule has 7 nitrogen and oxygen atoms in total. The number of likely N-dealkylation sites (tertiary alicyclic amines) is 1. The van der Waals surface area contributed by atoms with Gasteiger partial charge < -0.3 is 20.0 Å². The number of nitrogens with one attached hydrogen (secondary N) is 3.